The van der Waals surface area contributed by atoms with E-state index >= 15 is 0 Å². The molecule has 4 nitrogen and oxygen atoms in total. The van der Waals surface area contributed by atoms with Crippen LogP contribution in [0.3, 0.4) is 0 Å². The van der Waals surface area contributed by atoms with E-state index in [-0.39, 0.29) is 6.04 Å². The lowest BCUT2D eigenvalue weighted by Crippen LogP contribution is -2.37. The summed E-state index contributed by atoms with van der Waals surface area (Å²) in [6.45, 7) is 6.05. The molecule has 2 aromatic carbocycles. The largest absolute Gasteiger partial charge is 0.341 e. The Morgan fingerprint density at radius 3 is 2.21 bits per heavy atom. The average Bonchev–Trinajstić information content (AvgIpc) is 2.62. The second-order valence-electron chi connectivity index (χ2n) is 5.96. The topological polar surface area (TPSA) is 58.2 Å². The zero-order valence-electron chi connectivity index (χ0n) is 14.4. The minimum absolute atomic E-state index is 0.228. The molecule has 2 aromatic rings. The van der Waals surface area contributed by atoms with E-state index in [1.54, 1.807) is 0 Å². The first-order valence-electron chi connectivity index (χ1n) is 8.28. The van der Waals surface area contributed by atoms with Crippen LogP contribution >= 0.6 is 0 Å². The third-order valence-corrected chi connectivity index (χ3v) is 4.21. The maximum atomic E-state index is 12.2. The van der Waals surface area contributed by atoms with Crippen LogP contribution < -0.4 is 10.6 Å². The average molecular weight is 324 g/mol. The van der Waals surface area contributed by atoms with Crippen LogP contribution in [0.1, 0.15) is 50.3 Å². The van der Waals surface area contributed by atoms with Crippen molar-refractivity contribution in [3.63, 3.8) is 0 Å². The van der Waals surface area contributed by atoms with E-state index in [0.29, 0.717) is 11.6 Å². The van der Waals surface area contributed by atoms with Gasteiger partial charge >= 0.3 is 11.8 Å². The van der Waals surface area contributed by atoms with Gasteiger partial charge in [0.1, 0.15) is 0 Å². The molecule has 0 spiro atoms. The summed E-state index contributed by atoms with van der Waals surface area (Å²) in [5, 5.41) is 5.46. The first-order valence-corrected chi connectivity index (χ1v) is 8.28. The van der Waals surface area contributed by atoms with Crippen molar-refractivity contribution >= 4 is 17.5 Å². The normalized spacial score (nSPS) is 13.0. The minimum Gasteiger partial charge on any atom is -0.341 e. The molecule has 0 aromatic heterocycles. The van der Waals surface area contributed by atoms with E-state index in [1.165, 1.54) is 0 Å². The van der Waals surface area contributed by atoms with Crippen molar-refractivity contribution < 1.29 is 9.59 Å². The van der Waals surface area contributed by atoms with Crippen LogP contribution in [0.25, 0.3) is 0 Å². The molecule has 0 aliphatic carbocycles. The third-order valence-electron chi connectivity index (χ3n) is 4.21. The van der Waals surface area contributed by atoms with Gasteiger partial charge in [-0.05, 0) is 36.5 Å². The Morgan fingerprint density at radius 1 is 0.917 bits per heavy atom. The van der Waals surface area contributed by atoms with E-state index < -0.39 is 11.8 Å². The molecule has 2 rings (SSSR count). The van der Waals surface area contributed by atoms with E-state index in [9.17, 15) is 9.59 Å². The van der Waals surface area contributed by atoms with E-state index in [1.807, 2.05) is 61.5 Å². The van der Waals surface area contributed by atoms with Crippen molar-refractivity contribution in [2.24, 2.45) is 0 Å². The summed E-state index contributed by atoms with van der Waals surface area (Å²) >= 11 is 0. The molecule has 0 radical (unpaired) electrons. The lowest BCUT2D eigenvalue weighted by atomic mass is 9.97. The SMILES string of the molecule is CCC(C)c1ccccc1NC(=O)C(=O)NC(C)c1ccccc1. The minimum atomic E-state index is -0.645. The maximum absolute atomic E-state index is 12.2. The monoisotopic (exact) mass is 324 g/mol. The van der Waals surface area contributed by atoms with Crippen LogP contribution in [-0.2, 0) is 9.59 Å². The predicted octanol–water partition coefficient (Wildman–Crippen LogP) is 4.02. The molecule has 0 bridgehead atoms. The summed E-state index contributed by atoms with van der Waals surface area (Å²) in [6.07, 6.45) is 0.962. The zero-order chi connectivity index (χ0) is 17.5. The molecule has 0 saturated heterocycles. The highest BCUT2D eigenvalue weighted by Crippen LogP contribution is 2.26. The summed E-state index contributed by atoms with van der Waals surface area (Å²) < 4.78 is 0. The number of rotatable bonds is 5. The molecule has 2 N–H and O–H groups in total. The molecule has 24 heavy (non-hydrogen) atoms. The Morgan fingerprint density at radius 2 is 1.54 bits per heavy atom. The summed E-state index contributed by atoms with van der Waals surface area (Å²) in [5.74, 6) is -0.966. The quantitative estimate of drug-likeness (QED) is 0.816. The molecule has 0 aliphatic rings. The molecule has 0 saturated carbocycles. The van der Waals surface area contributed by atoms with Crippen LogP contribution in [0, 0.1) is 0 Å². The van der Waals surface area contributed by atoms with E-state index in [0.717, 1.165) is 17.5 Å². The number of nitrogens with one attached hydrogen (secondary N) is 2. The van der Waals surface area contributed by atoms with Gasteiger partial charge in [0.05, 0.1) is 6.04 Å². The number of carbonyl (C=O) groups excluding carboxylic acids is 2. The summed E-state index contributed by atoms with van der Waals surface area (Å²) in [4.78, 5) is 24.4. The Labute approximate surface area is 143 Å². The second kappa shape index (κ2) is 8.29. The molecule has 0 heterocycles. The molecule has 2 amide bonds. The number of anilines is 1. The van der Waals surface area contributed by atoms with Gasteiger partial charge in [0.25, 0.3) is 0 Å². The van der Waals surface area contributed by atoms with Gasteiger partial charge in [-0.3, -0.25) is 9.59 Å². The predicted molar refractivity (Wildman–Crippen MR) is 96.8 cm³/mol. The standard InChI is InChI=1S/C20H24N2O2/c1-4-14(2)17-12-8-9-13-18(17)22-20(24)19(23)21-15(3)16-10-6-5-7-11-16/h5-15H,4H2,1-3H3,(H,21,23)(H,22,24). The van der Waals surface area contributed by atoms with Crippen LogP contribution in [0.2, 0.25) is 0 Å². The fourth-order valence-electron chi connectivity index (χ4n) is 2.53. The van der Waals surface area contributed by atoms with E-state index in [4.69, 9.17) is 0 Å². The molecular weight excluding hydrogens is 300 g/mol. The number of hydrogen-bond donors (Lipinski definition) is 2. The third kappa shape index (κ3) is 4.44. The second-order valence-corrected chi connectivity index (χ2v) is 5.96. The number of benzene rings is 2. The number of carbonyl (C=O) groups is 2. The van der Waals surface area contributed by atoms with Crippen molar-refractivity contribution in [1.82, 2.24) is 5.32 Å². The smallest absolute Gasteiger partial charge is 0.313 e. The van der Waals surface area contributed by atoms with Crippen molar-refractivity contribution in [3.8, 4) is 0 Å². The molecular formula is C20H24N2O2. The van der Waals surface area contributed by atoms with Gasteiger partial charge in [0.15, 0.2) is 0 Å². The Bertz CT molecular complexity index is 698. The first-order chi connectivity index (χ1) is 11.5. The molecule has 0 fully saturated rings. The fourth-order valence-corrected chi connectivity index (χ4v) is 2.53. The maximum Gasteiger partial charge on any atom is 0.313 e. The molecule has 2 unspecified atom stereocenters. The van der Waals surface area contributed by atoms with Gasteiger partial charge in [0.2, 0.25) is 0 Å². The lowest BCUT2D eigenvalue weighted by Gasteiger charge is -2.17. The van der Waals surface area contributed by atoms with Crippen molar-refractivity contribution in [3.05, 3.63) is 65.7 Å². The van der Waals surface area contributed by atoms with Gasteiger partial charge in [-0.2, -0.15) is 0 Å². The number of amides is 2. The number of para-hydroxylation sites is 1. The zero-order valence-corrected chi connectivity index (χ0v) is 14.4. The highest BCUT2D eigenvalue weighted by Gasteiger charge is 2.19. The van der Waals surface area contributed by atoms with Crippen molar-refractivity contribution in [2.75, 3.05) is 5.32 Å². The molecule has 2 atom stereocenters. The number of hydrogen-bond acceptors (Lipinski definition) is 2. The van der Waals surface area contributed by atoms with Crippen molar-refractivity contribution in [2.45, 2.75) is 39.2 Å². The van der Waals surface area contributed by atoms with Crippen molar-refractivity contribution in [1.29, 1.82) is 0 Å². The Kier molecular flexibility index (Phi) is 6.13. The van der Waals surface area contributed by atoms with Crippen LogP contribution in [0.4, 0.5) is 5.69 Å². The molecule has 126 valence electrons. The lowest BCUT2D eigenvalue weighted by molar-refractivity contribution is -0.136. The first kappa shape index (κ1) is 17.7. The fraction of sp³-hybridized carbons (Fsp3) is 0.300. The van der Waals surface area contributed by atoms with Crippen LogP contribution in [0.5, 0.6) is 0 Å². The van der Waals surface area contributed by atoms with Gasteiger partial charge in [-0.15, -0.1) is 0 Å². The van der Waals surface area contributed by atoms with Crippen LogP contribution in [0.15, 0.2) is 54.6 Å². The van der Waals surface area contributed by atoms with Gasteiger partial charge in [-0.25, -0.2) is 0 Å². The summed E-state index contributed by atoms with van der Waals surface area (Å²) in [6, 6.07) is 16.9. The van der Waals surface area contributed by atoms with Gasteiger partial charge < -0.3 is 10.6 Å². The summed E-state index contributed by atoms with van der Waals surface area (Å²) in [7, 11) is 0. The van der Waals surface area contributed by atoms with E-state index in [2.05, 4.69) is 24.5 Å². The Balaban J connectivity index is 2.03. The highest BCUT2D eigenvalue weighted by molar-refractivity contribution is 6.39. The van der Waals surface area contributed by atoms with Gasteiger partial charge in [-0.1, -0.05) is 62.4 Å². The summed E-state index contributed by atoms with van der Waals surface area (Å²) in [5.41, 5.74) is 2.69. The van der Waals surface area contributed by atoms with Gasteiger partial charge in [0, 0.05) is 5.69 Å². The molecule has 0 aliphatic heterocycles. The Hall–Kier alpha value is -2.62. The molecule has 4 heteroatoms. The highest BCUT2D eigenvalue weighted by atomic mass is 16.2. The van der Waals surface area contributed by atoms with Crippen LogP contribution in [-0.4, -0.2) is 11.8 Å².